The number of halogens is 1. The number of carbonyl (C=O) groups excluding carboxylic acids is 1. The molecule has 4 heteroatoms. The van der Waals surface area contributed by atoms with Crippen molar-refractivity contribution in [1.29, 1.82) is 0 Å². The topological polar surface area (TPSA) is 49.3 Å². The first-order valence-electron chi connectivity index (χ1n) is 6.41. The van der Waals surface area contributed by atoms with Crippen LogP contribution in [0.5, 0.6) is 5.75 Å². The molecule has 0 fully saturated rings. The van der Waals surface area contributed by atoms with Gasteiger partial charge in [-0.25, -0.2) is 0 Å². The second-order valence-electron chi connectivity index (χ2n) is 6.04. The summed E-state index contributed by atoms with van der Waals surface area (Å²) >= 11 is 6.19. The summed E-state index contributed by atoms with van der Waals surface area (Å²) in [7, 11) is 0. The Morgan fingerprint density at radius 2 is 2.05 bits per heavy atom. The molecule has 1 aromatic carbocycles. The zero-order chi connectivity index (χ0) is 14.6. The van der Waals surface area contributed by atoms with Gasteiger partial charge in [0.15, 0.2) is 0 Å². The molecule has 0 aromatic heterocycles. The highest BCUT2D eigenvalue weighted by molar-refractivity contribution is 6.21. The Morgan fingerprint density at radius 3 is 2.63 bits per heavy atom. The zero-order valence-corrected chi connectivity index (χ0v) is 12.7. The van der Waals surface area contributed by atoms with Crippen LogP contribution in [0.1, 0.15) is 43.1 Å². The number of hydrogen-bond donors (Lipinski definition) is 2. The van der Waals surface area contributed by atoms with Gasteiger partial charge in [-0.1, -0.05) is 32.9 Å². The number of aromatic hydroxyl groups is 1. The first-order chi connectivity index (χ1) is 8.70. The molecule has 0 spiro atoms. The predicted molar refractivity (Wildman–Crippen MR) is 78.9 cm³/mol. The zero-order valence-electron chi connectivity index (χ0n) is 12.0. The molecule has 0 heterocycles. The van der Waals surface area contributed by atoms with Gasteiger partial charge in [-0.05, 0) is 30.4 Å². The number of phenols is 1. The van der Waals surface area contributed by atoms with Crippen LogP contribution in [0.4, 0.5) is 0 Å². The van der Waals surface area contributed by atoms with Crippen molar-refractivity contribution in [2.75, 3.05) is 6.54 Å². The lowest BCUT2D eigenvalue weighted by molar-refractivity contribution is 0.0949. The summed E-state index contributed by atoms with van der Waals surface area (Å²) in [4.78, 5) is 12.0. The number of phenolic OH excluding ortho intramolecular Hbond substituents is 1. The van der Waals surface area contributed by atoms with Gasteiger partial charge < -0.3 is 10.4 Å². The van der Waals surface area contributed by atoms with Gasteiger partial charge in [0.25, 0.3) is 5.91 Å². The van der Waals surface area contributed by atoms with Gasteiger partial charge in [0, 0.05) is 6.54 Å². The number of nitrogens with one attached hydrogen (secondary N) is 1. The van der Waals surface area contributed by atoms with Gasteiger partial charge >= 0.3 is 0 Å². The van der Waals surface area contributed by atoms with E-state index in [9.17, 15) is 9.90 Å². The number of rotatable bonds is 4. The van der Waals surface area contributed by atoms with E-state index in [4.69, 9.17) is 11.6 Å². The smallest absolute Gasteiger partial charge is 0.255 e. The standard InChI is InChI=1S/C15H22ClNO2/c1-10-6-5-7-12(13(10)18)14(19)17-9-11(16)8-15(2,3)4/h5-7,11,18H,8-9H2,1-4H3,(H,17,19). The maximum Gasteiger partial charge on any atom is 0.255 e. The van der Waals surface area contributed by atoms with E-state index in [1.807, 2.05) is 0 Å². The van der Waals surface area contributed by atoms with E-state index in [-0.39, 0.29) is 22.4 Å². The Hall–Kier alpha value is -1.22. The number of hydrogen-bond acceptors (Lipinski definition) is 2. The monoisotopic (exact) mass is 283 g/mol. The van der Waals surface area contributed by atoms with E-state index < -0.39 is 0 Å². The van der Waals surface area contributed by atoms with Crippen LogP contribution in [-0.2, 0) is 0 Å². The Balaban J connectivity index is 2.59. The average molecular weight is 284 g/mol. The lowest BCUT2D eigenvalue weighted by atomic mass is 9.90. The second-order valence-corrected chi connectivity index (χ2v) is 6.66. The van der Waals surface area contributed by atoms with Gasteiger partial charge in [0.2, 0.25) is 0 Å². The molecule has 1 amide bonds. The van der Waals surface area contributed by atoms with Gasteiger partial charge in [-0.15, -0.1) is 11.6 Å². The highest BCUT2D eigenvalue weighted by Gasteiger charge is 2.18. The lowest BCUT2D eigenvalue weighted by Crippen LogP contribution is -2.31. The van der Waals surface area contributed by atoms with Crippen molar-refractivity contribution in [2.24, 2.45) is 5.41 Å². The van der Waals surface area contributed by atoms with Gasteiger partial charge in [-0.2, -0.15) is 0 Å². The van der Waals surface area contributed by atoms with Crippen molar-refractivity contribution in [1.82, 2.24) is 5.32 Å². The number of aryl methyl sites for hydroxylation is 1. The minimum Gasteiger partial charge on any atom is -0.507 e. The van der Waals surface area contributed by atoms with Crippen molar-refractivity contribution < 1.29 is 9.90 Å². The number of benzene rings is 1. The van der Waals surface area contributed by atoms with Crippen LogP contribution in [0.2, 0.25) is 0 Å². The fourth-order valence-corrected chi connectivity index (χ4v) is 2.42. The Labute approximate surface area is 120 Å². The van der Waals surface area contributed by atoms with Crippen molar-refractivity contribution in [3.05, 3.63) is 29.3 Å². The molecule has 3 nitrogen and oxygen atoms in total. The number of alkyl halides is 1. The maximum absolute atomic E-state index is 12.0. The lowest BCUT2D eigenvalue weighted by Gasteiger charge is -2.22. The van der Waals surface area contributed by atoms with E-state index in [1.165, 1.54) is 0 Å². The quantitative estimate of drug-likeness (QED) is 0.831. The molecular formula is C15H22ClNO2. The molecule has 1 atom stereocenters. The molecule has 0 saturated carbocycles. The van der Waals surface area contributed by atoms with Crippen molar-refractivity contribution in [3.63, 3.8) is 0 Å². The molecule has 0 radical (unpaired) electrons. The predicted octanol–water partition coefficient (Wildman–Crippen LogP) is 3.47. The van der Waals surface area contributed by atoms with Gasteiger partial charge in [0.05, 0.1) is 10.9 Å². The highest BCUT2D eigenvalue weighted by Crippen LogP contribution is 2.24. The van der Waals surface area contributed by atoms with Crippen LogP contribution in [-0.4, -0.2) is 22.9 Å². The molecule has 0 bridgehead atoms. The van der Waals surface area contributed by atoms with E-state index in [1.54, 1.807) is 25.1 Å². The fourth-order valence-electron chi connectivity index (χ4n) is 1.88. The third-order valence-electron chi connectivity index (χ3n) is 2.80. The summed E-state index contributed by atoms with van der Waals surface area (Å²) in [6.45, 7) is 8.48. The molecule has 1 aromatic rings. The molecule has 0 aliphatic carbocycles. The number of carbonyl (C=O) groups is 1. The molecule has 1 rings (SSSR count). The fraction of sp³-hybridized carbons (Fsp3) is 0.533. The van der Waals surface area contributed by atoms with Crippen LogP contribution in [0, 0.1) is 12.3 Å². The van der Waals surface area contributed by atoms with E-state index in [0.29, 0.717) is 17.7 Å². The molecule has 0 saturated heterocycles. The van der Waals surface area contributed by atoms with Crippen LogP contribution in [0.25, 0.3) is 0 Å². The van der Waals surface area contributed by atoms with Crippen LogP contribution >= 0.6 is 11.6 Å². The van der Waals surface area contributed by atoms with Crippen LogP contribution < -0.4 is 5.32 Å². The molecule has 1 unspecified atom stereocenters. The highest BCUT2D eigenvalue weighted by atomic mass is 35.5. The Bertz CT molecular complexity index is 452. The molecule has 19 heavy (non-hydrogen) atoms. The Morgan fingerprint density at radius 1 is 1.42 bits per heavy atom. The van der Waals surface area contributed by atoms with E-state index in [2.05, 4.69) is 26.1 Å². The second kappa shape index (κ2) is 6.29. The summed E-state index contributed by atoms with van der Waals surface area (Å²) in [5, 5.41) is 12.5. The molecule has 0 aliphatic rings. The largest absolute Gasteiger partial charge is 0.507 e. The Kier molecular flexibility index (Phi) is 5.24. The van der Waals surface area contributed by atoms with E-state index in [0.717, 1.165) is 6.42 Å². The third kappa shape index (κ3) is 5.11. The molecule has 106 valence electrons. The third-order valence-corrected chi connectivity index (χ3v) is 3.11. The SMILES string of the molecule is Cc1cccc(C(=O)NCC(Cl)CC(C)(C)C)c1O. The van der Waals surface area contributed by atoms with Crippen LogP contribution in [0.15, 0.2) is 18.2 Å². The maximum atomic E-state index is 12.0. The summed E-state index contributed by atoms with van der Waals surface area (Å²) in [6.07, 6.45) is 0.814. The number of para-hydroxylation sites is 1. The summed E-state index contributed by atoms with van der Waals surface area (Å²) < 4.78 is 0. The normalized spacial score (nSPS) is 13.1. The summed E-state index contributed by atoms with van der Waals surface area (Å²) in [5.41, 5.74) is 1.10. The minimum atomic E-state index is -0.291. The van der Waals surface area contributed by atoms with Crippen molar-refractivity contribution >= 4 is 17.5 Å². The summed E-state index contributed by atoms with van der Waals surface area (Å²) in [6, 6.07) is 5.11. The van der Waals surface area contributed by atoms with Gasteiger partial charge in [-0.3, -0.25) is 4.79 Å². The molecule has 0 aliphatic heterocycles. The van der Waals surface area contributed by atoms with Crippen molar-refractivity contribution in [3.8, 4) is 5.75 Å². The van der Waals surface area contributed by atoms with E-state index >= 15 is 0 Å². The molecule has 2 N–H and O–H groups in total. The number of amides is 1. The molecular weight excluding hydrogens is 262 g/mol. The first kappa shape index (κ1) is 15.8. The van der Waals surface area contributed by atoms with Crippen molar-refractivity contribution in [2.45, 2.75) is 39.5 Å². The minimum absolute atomic E-state index is 0.0296. The van der Waals surface area contributed by atoms with Crippen LogP contribution in [0.3, 0.4) is 0 Å². The first-order valence-corrected chi connectivity index (χ1v) is 6.85. The van der Waals surface area contributed by atoms with Gasteiger partial charge in [0.1, 0.15) is 5.75 Å². The average Bonchev–Trinajstić information content (AvgIpc) is 2.27. The summed E-state index contributed by atoms with van der Waals surface area (Å²) in [5.74, 6) is -0.261.